The van der Waals surface area contributed by atoms with Gasteiger partial charge in [0.25, 0.3) is 0 Å². The Kier molecular flexibility index (Phi) is 4.64. The summed E-state index contributed by atoms with van der Waals surface area (Å²) in [5, 5.41) is 0.803. The maximum atomic E-state index is 5.78. The molecule has 0 aliphatic carbocycles. The summed E-state index contributed by atoms with van der Waals surface area (Å²) < 4.78 is 0. The maximum Gasteiger partial charge on any atom is 0.0406 e. The molecular formula is C10H14ClNS. The Balaban J connectivity index is 2.33. The van der Waals surface area contributed by atoms with Gasteiger partial charge in [0.05, 0.1) is 0 Å². The van der Waals surface area contributed by atoms with Crippen molar-refractivity contribution in [3.05, 3.63) is 29.3 Å². The quantitative estimate of drug-likeness (QED) is 0.711. The molecule has 0 fully saturated rings. The summed E-state index contributed by atoms with van der Waals surface area (Å²) in [7, 11) is 4.17. The predicted octanol–water partition coefficient (Wildman–Crippen LogP) is 2.99. The van der Waals surface area contributed by atoms with Gasteiger partial charge < -0.3 is 4.90 Å². The van der Waals surface area contributed by atoms with Crippen LogP contribution in [-0.2, 0) is 0 Å². The minimum Gasteiger partial charge on any atom is -0.309 e. The summed E-state index contributed by atoms with van der Waals surface area (Å²) >= 11 is 7.64. The molecule has 1 nitrogen and oxygen atoms in total. The van der Waals surface area contributed by atoms with Crippen LogP contribution in [0.4, 0.5) is 0 Å². The van der Waals surface area contributed by atoms with Crippen LogP contribution in [-0.4, -0.2) is 31.3 Å². The van der Waals surface area contributed by atoms with Crippen molar-refractivity contribution in [3.63, 3.8) is 0 Å². The molecule has 3 heteroatoms. The lowest BCUT2D eigenvalue weighted by molar-refractivity contribution is 0.437. The van der Waals surface area contributed by atoms with Gasteiger partial charge in [-0.15, -0.1) is 11.8 Å². The maximum absolute atomic E-state index is 5.78. The molecule has 0 aromatic heterocycles. The van der Waals surface area contributed by atoms with Crippen LogP contribution < -0.4 is 0 Å². The van der Waals surface area contributed by atoms with E-state index in [2.05, 4.69) is 31.1 Å². The van der Waals surface area contributed by atoms with Crippen LogP contribution in [0, 0.1) is 0 Å². The van der Waals surface area contributed by atoms with Gasteiger partial charge in [0.15, 0.2) is 0 Å². The van der Waals surface area contributed by atoms with E-state index in [1.807, 2.05) is 23.9 Å². The first-order valence-corrected chi connectivity index (χ1v) is 5.58. The Morgan fingerprint density at radius 1 is 1.23 bits per heavy atom. The second kappa shape index (κ2) is 5.53. The molecular weight excluding hydrogens is 202 g/mol. The lowest BCUT2D eigenvalue weighted by Crippen LogP contribution is -2.14. The second-order valence-corrected chi connectivity index (χ2v) is 4.71. The van der Waals surface area contributed by atoms with Gasteiger partial charge >= 0.3 is 0 Å². The first-order valence-electron chi connectivity index (χ1n) is 4.21. The zero-order valence-electron chi connectivity index (χ0n) is 7.96. The first-order chi connectivity index (χ1) is 6.18. The van der Waals surface area contributed by atoms with Crippen molar-refractivity contribution in [1.82, 2.24) is 4.90 Å². The first kappa shape index (κ1) is 10.9. The van der Waals surface area contributed by atoms with E-state index in [-0.39, 0.29) is 0 Å². The van der Waals surface area contributed by atoms with E-state index in [0.29, 0.717) is 0 Å². The van der Waals surface area contributed by atoms with E-state index in [0.717, 1.165) is 17.3 Å². The SMILES string of the molecule is CN(C)CCSc1ccc(Cl)cc1. The molecule has 0 heterocycles. The van der Waals surface area contributed by atoms with E-state index < -0.39 is 0 Å². The highest BCUT2D eigenvalue weighted by Gasteiger charge is 1.94. The average molecular weight is 216 g/mol. The second-order valence-electron chi connectivity index (χ2n) is 3.11. The van der Waals surface area contributed by atoms with E-state index in [4.69, 9.17) is 11.6 Å². The van der Waals surface area contributed by atoms with Crippen molar-refractivity contribution in [1.29, 1.82) is 0 Å². The third kappa shape index (κ3) is 4.55. The van der Waals surface area contributed by atoms with Crippen molar-refractivity contribution in [2.75, 3.05) is 26.4 Å². The van der Waals surface area contributed by atoms with Crippen molar-refractivity contribution >= 4 is 23.4 Å². The van der Waals surface area contributed by atoms with Crippen molar-refractivity contribution in [2.45, 2.75) is 4.90 Å². The fourth-order valence-corrected chi connectivity index (χ4v) is 2.02. The van der Waals surface area contributed by atoms with Gasteiger partial charge in [0, 0.05) is 22.2 Å². The molecule has 1 aromatic carbocycles. The van der Waals surface area contributed by atoms with E-state index in [9.17, 15) is 0 Å². The largest absolute Gasteiger partial charge is 0.309 e. The molecule has 13 heavy (non-hydrogen) atoms. The number of benzene rings is 1. The van der Waals surface area contributed by atoms with E-state index >= 15 is 0 Å². The highest BCUT2D eigenvalue weighted by atomic mass is 35.5. The van der Waals surface area contributed by atoms with E-state index in [1.54, 1.807) is 0 Å². The number of nitrogens with zero attached hydrogens (tertiary/aromatic N) is 1. The highest BCUT2D eigenvalue weighted by Crippen LogP contribution is 2.19. The van der Waals surface area contributed by atoms with Gasteiger partial charge in [-0.3, -0.25) is 0 Å². The summed E-state index contributed by atoms with van der Waals surface area (Å²) in [6.07, 6.45) is 0. The minimum absolute atomic E-state index is 0.803. The Morgan fingerprint density at radius 3 is 2.38 bits per heavy atom. The standard InChI is InChI=1S/C10H14ClNS/c1-12(2)7-8-13-10-5-3-9(11)4-6-10/h3-6H,7-8H2,1-2H3. The predicted molar refractivity (Wildman–Crippen MR) is 60.7 cm³/mol. The van der Waals surface area contributed by atoms with Crippen LogP contribution >= 0.6 is 23.4 Å². The third-order valence-corrected chi connectivity index (χ3v) is 2.87. The van der Waals surface area contributed by atoms with Crippen molar-refractivity contribution in [3.8, 4) is 0 Å². The van der Waals surface area contributed by atoms with Gasteiger partial charge in [0.2, 0.25) is 0 Å². The van der Waals surface area contributed by atoms with Gasteiger partial charge in [-0.1, -0.05) is 11.6 Å². The Bertz CT molecular complexity index is 246. The molecule has 72 valence electrons. The number of halogens is 1. The summed E-state index contributed by atoms with van der Waals surface area (Å²) in [4.78, 5) is 3.47. The van der Waals surface area contributed by atoms with Crippen molar-refractivity contribution in [2.24, 2.45) is 0 Å². The molecule has 0 aliphatic rings. The number of hydrogen-bond donors (Lipinski definition) is 0. The molecule has 1 aromatic rings. The number of hydrogen-bond acceptors (Lipinski definition) is 2. The molecule has 0 unspecified atom stereocenters. The lowest BCUT2D eigenvalue weighted by Gasteiger charge is -2.08. The minimum atomic E-state index is 0.803. The van der Waals surface area contributed by atoms with Gasteiger partial charge in [0.1, 0.15) is 0 Å². The van der Waals surface area contributed by atoms with Crippen LogP contribution in [0.2, 0.25) is 5.02 Å². The monoisotopic (exact) mass is 215 g/mol. The Morgan fingerprint density at radius 2 is 1.85 bits per heavy atom. The van der Waals surface area contributed by atoms with Crippen molar-refractivity contribution < 1.29 is 0 Å². The average Bonchev–Trinajstić information content (AvgIpc) is 2.08. The summed E-state index contributed by atoms with van der Waals surface area (Å²) in [5.74, 6) is 1.12. The topological polar surface area (TPSA) is 3.24 Å². The molecule has 0 N–H and O–H groups in total. The van der Waals surface area contributed by atoms with Crippen LogP contribution in [0.3, 0.4) is 0 Å². The Hall–Kier alpha value is -0.180. The molecule has 0 atom stereocenters. The van der Waals surface area contributed by atoms with Crippen LogP contribution in [0.5, 0.6) is 0 Å². The molecule has 0 spiro atoms. The fourth-order valence-electron chi connectivity index (χ4n) is 0.877. The highest BCUT2D eigenvalue weighted by molar-refractivity contribution is 7.99. The van der Waals surface area contributed by atoms with Gasteiger partial charge in [-0.2, -0.15) is 0 Å². The molecule has 0 amide bonds. The molecule has 0 radical (unpaired) electrons. The summed E-state index contributed by atoms with van der Waals surface area (Å²) in [6.45, 7) is 1.10. The number of thioether (sulfide) groups is 1. The Labute approximate surface area is 89.1 Å². The molecule has 0 aliphatic heterocycles. The molecule has 0 bridgehead atoms. The van der Waals surface area contributed by atoms with Crippen LogP contribution in [0.25, 0.3) is 0 Å². The van der Waals surface area contributed by atoms with Crippen LogP contribution in [0.15, 0.2) is 29.2 Å². The third-order valence-electron chi connectivity index (χ3n) is 1.62. The zero-order chi connectivity index (χ0) is 9.68. The van der Waals surface area contributed by atoms with Gasteiger partial charge in [-0.25, -0.2) is 0 Å². The molecule has 0 saturated carbocycles. The molecule has 0 saturated heterocycles. The van der Waals surface area contributed by atoms with E-state index in [1.165, 1.54) is 4.90 Å². The molecule has 1 rings (SSSR count). The lowest BCUT2D eigenvalue weighted by atomic mass is 10.4. The summed E-state index contributed by atoms with van der Waals surface area (Å²) in [5.41, 5.74) is 0. The summed E-state index contributed by atoms with van der Waals surface area (Å²) in [6, 6.07) is 7.98. The van der Waals surface area contributed by atoms with Gasteiger partial charge in [-0.05, 0) is 38.4 Å². The van der Waals surface area contributed by atoms with Crippen LogP contribution in [0.1, 0.15) is 0 Å². The zero-order valence-corrected chi connectivity index (χ0v) is 9.53. The fraction of sp³-hybridized carbons (Fsp3) is 0.400. The normalized spacial score (nSPS) is 10.8. The smallest absolute Gasteiger partial charge is 0.0406 e. The number of rotatable bonds is 4.